The summed E-state index contributed by atoms with van der Waals surface area (Å²) in [5.74, 6) is 0.507. The molecule has 5 heteroatoms. The van der Waals surface area contributed by atoms with E-state index in [4.69, 9.17) is 4.74 Å². The van der Waals surface area contributed by atoms with Crippen LogP contribution < -0.4 is 10.1 Å². The molecule has 2 aromatic carbocycles. The number of nitrogens with zero attached hydrogens (tertiary/aromatic N) is 1. The zero-order valence-electron chi connectivity index (χ0n) is 16.5. The molecular formula is C22H28N2O3. The van der Waals surface area contributed by atoms with Crippen LogP contribution in [0.3, 0.4) is 0 Å². The molecule has 0 aromatic heterocycles. The number of carbonyl (C=O) groups excluding carboxylic acids is 2. The van der Waals surface area contributed by atoms with E-state index in [1.165, 1.54) is 0 Å². The van der Waals surface area contributed by atoms with Gasteiger partial charge in [-0.25, -0.2) is 0 Å². The van der Waals surface area contributed by atoms with E-state index in [0.717, 1.165) is 22.4 Å². The third-order valence-electron chi connectivity index (χ3n) is 4.72. The number of benzene rings is 2. The monoisotopic (exact) mass is 368 g/mol. The predicted molar refractivity (Wildman–Crippen MR) is 107 cm³/mol. The van der Waals surface area contributed by atoms with Crippen molar-refractivity contribution in [3.8, 4) is 5.75 Å². The summed E-state index contributed by atoms with van der Waals surface area (Å²) in [4.78, 5) is 27.2. The number of ether oxygens (including phenoxy) is 1. The summed E-state index contributed by atoms with van der Waals surface area (Å²) >= 11 is 0. The molecule has 0 aliphatic carbocycles. The van der Waals surface area contributed by atoms with Crippen LogP contribution in [-0.4, -0.2) is 36.9 Å². The molecule has 0 aliphatic rings. The highest BCUT2D eigenvalue weighted by Gasteiger charge is 2.28. The maximum Gasteiger partial charge on any atom is 0.242 e. The smallest absolute Gasteiger partial charge is 0.242 e. The van der Waals surface area contributed by atoms with Crippen LogP contribution in [-0.2, 0) is 22.6 Å². The topological polar surface area (TPSA) is 58.6 Å². The normalized spacial score (nSPS) is 11.6. The van der Waals surface area contributed by atoms with Crippen LogP contribution in [0.4, 0.5) is 0 Å². The lowest BCUT2D eigenvalue weighted by Crippen LogP contribution is -2.48. The Morgan fingerprint density at radius 1 is 1.15 bits per heavy atom. The second kappa shape index (κ2) is 9.76. The van der Waals surface area contributed by atoms with Crippen molar-refractivity contribution in [3.63, 3.8) is 0 Å². The third kappa shape index (κ3) is 5.33. The van der Waals surface area contributed by atoms with Crippen molar-refractivity contribution in [2.45, 2.75) is 39.3 Å². The maximum atomic E-state index is 13.2. The van der Waals surface area contributed by atoms with Gasteiger partial charge in [0.25, 0.3) is 0 Å². The summed E-state index contributed by atoms with van der Waals surface area (Å²) in [6.45, 7) is 4.26. The molecule has 144 valence electrons. The lowest BCUT2D eigenvalue weighted by atomic mass is 10.0. The molecule has 0 spiro atoms. The Morgan fingerprint density at radius 2 is 1.89 bits per heavy atom. The first-order valence-electron chi connectivity index (χ1n) is 9.18. The molecule has 1 atom stereocenters. The molecule has 1 N–H and O–H groups in total. The van der Waals surface area contributed by atoms with E-state index < -0.39 is 6.04 Å². The average Bonchev–Trinajstić information content (AvgIpc) is 2.69. The Morgan fingerprint density at radius 3 is 2.52 bits per heavy atom. The van der Waals surface area contributed by atoms with Crippen molar-refractivity contribution in [1.82, 2.24) is 10.2 Å². The minimum atomic E-state index is -0.516. The SMILES string of the molecule is CC[C@H](C(=O)NC)N(Cc1cccc(OC)c1)C(=O)Cc1ccccc1C. The van der Waals surface area contributed by atoms with E-state index in [1.807, 2.05) is 62.4 Å². The zero-order valence-corrected chi connectivity index (χ0v) is 16.5. The molecule has 0 saturated heterocycles. The lowest BCUT2D eigenvalue weighted by molar-refractivity contribution is -0.140. The molecule has 0 aliphatic heterocycles. The van der Waals surface area contributed by atoms with Gasteiger partial charge in [-0.3, -0.25) is 9.59 Å². The molecule has 0 saturated carbocycles. The fourth-order valence-electron chi connectivity index (χ4n) is 3.13. The fourth-order valence-corrected chi connectivity index (χ4v) is 3.13. The molecule has 5 nitrogen and oxygen atoms in total. The van der Waals surface area contributed by atoms with E-state index in [9.17, 15) is 9.59 Å². The Labute approximate surface area is 161 Å². The number of aryl methyl sites for hydroxylation is 1. The van der Waals surface area contributed by atoms with Crippen LogP contribution >= 0.6 is 0 Å². The first kappa shape index (κ1) is 20.5. The van der Waals surface area contributed by atoms with Crippen LogP contribution in [0.2, 0.25) is 0 Å². The first-order valence-corrected chi connectivity index (χ1v) is 9.18. The number of methoxy groups -OCH3 is 1. The molecular weight excluding hydrogens is 340 g/mol. The Bertz CT molecular complexity index is 789. The van der Waals surface area contributed by atoms with Gasteiger partial charge in [0.1, 0.15) is 11.8 Å². The second-order valence-electron chi connectivity index (χ2n) is 6.51. The van der Waals surface area contributed by atoms with E-state index in [1.54, 1.807) is 19.1 Å². The summed E-state index contributed by atoms with van der Waals surface area (Å²) in [5.41, 5.74) is 2.97. The molecule has 0 unspecified atom stereocenters. The van der Waals surface area contributed by atoms with Crippen LogP contribution in [0, 0.1) is 6.92 Å². The highest BCUT2D eigenvalue weighted by atomic mass is 16.5. The number of carbonyl (C=O) groups is 2. The second-order valence-corrected chi connectivity index (χ2v) is 6.51. The minimum absolute atomic E-state index is 0.0671. The van der Waals surface area contributed by atoms with Crippen LogP contribution in [0.15, 0.2) is 48.5 Å². The van der Waals surface area contributed by atoms with Crippen molar-refractivity contribution in [3.05, 3.63) is 65.2 Å². The fraction of sp³-hybridized carbons (Fsp3) is 0.364. The number of rotatable bonds is 8. The summed E-state index contributed by atoms with van der Waals surface area (Å²) in [7, 11) is 3.21. The predicted octanol–water partition coefficient (Wildman–Crippen LogP) is 3.10. The highest BCUT2D eigenvalue weighted by Crippen LogP contribution is 2.19. The van der Waals surface area contributed by atoms with Gasteiger partial charge in [-0.2, -0.15) is 0 Å². The third-order valence-corrected chi connectivity index (χ3v) is 4.72. The van der Waals surface area contributed by atoms with Crippen molar-refractivity contribution < 1.29 is 14.3 Å². The maximum absolute atomic E-state index is 13.2. The van der Waals surface area contributed by atoms with Gasteiger partial charge in [0.05, 0.1) is 13.5 Å². The molecule has 0 bridgehead atoms. The van der Waals surface area contributed by atoms with Gasteiger partial charge in [0, 0.05) is 13.6 Å². The standard InChI is InChI=1S/C22H28N2O3/c1-5-20(22(26)23-3)24(15-17-10-8-12-19(13-17)27-4)21(25)14-18-11-7-6-9-16(18)2/h6-13,20H,5,14-15H2,1-4H3,(H,23,26)/t20-/m1/s1. The van der Waals surface area contributed by atoms with Crippen molar-refractivity contribution in [1.29, 1.82) is 0 Å². The van der Waals surface area contributed by atoms with Crippen molar-refractivity contribution in [2.75, 3.05) is 14.2 Å². The number of hydrogen-bond donors (Lipinski definition) is 1. The van der Waals surface area contributed by atoms with E-state index >= 15 is 0 Å². The molecule has 0 radical (unpaired) electrons. The van der Waals surface area contributed by atoms with Crippen LogP contribution in [0.1, 0.15) is 30.0 Å². The highest BCUT2D eigenvalue weighted by molar-refractivity contribution is 5.88. The van der Waals surface area contributed by atoms with Gasteiger partial charge < -0.3 is 15.0 Å². The summed E-state index contributed by atoms with van der Waals surface area (Å²) in [5, 5.41) is 2.68. The average molecular weight is 368 g/mol. The molecule has 2 rings (SSSR count). The number of likely N-dealkylation sites (N-methyl/N-ethyl adjacent to an activating group) is 1. The zero-order chi connectivity index (χ0) is 19.8. The van der Waals surface area contributed by atoms with E-state index in [2.05, 4.69) is 5.32 Å². The lowest BCUT2D eigenvalue weighted by Gasteiger charge is -2.30. The van der Waals surface area contributed by atoms with E-state index in [-0.39, 0.29) is 18.2 Å². The quantitative estimate of drug-likeness (QED) is 0.779. The van der Waals surface area contributed by atoms with E-state index in [0.29, 0.717) is 13.0 Å². The molecule has 0 fully saturated rings. The Hall–Kier alpha value is -2.82. The molecule has 2 aromatic rings. The van der Waals surface area contributed by atoms with Gasteiger partial charge in [0.15, 0.2) is 0 Å². The summed E-state index contributed by atoms with van der Waals surface area (Å²) < 4.78 is 5.28. The molecule has 2 amide bonds. The van der Waals surface area contributed by atoms with Crippen molar-refractivity contribution >= 4 is 11.8 Å². The number of nitrogens with one attached hydrogen (secondary N) is 1. The Balaban J connectivity index is 2.31. The minimum Gasteiger partial charge on any atom is -0.497 e. The molecule has 27 heavy (non-hydrogen) atoms. The first-order chi connectivity index (χ1) is 13.0. The van der Waals surface area contributed by atoms with Crippen LogP contribution in [0.5, 0.6) is 5.75 Å². The molecule has 0 heterocycles. The summed E-state index contributed by atoms with van der Waals surface area (Å²) in [6.07, 6.45) is 0.813. The van der Waals surface area contributed by atoms with Gasteiger partial charge in [-0.15, -0.1) is 0 Å². The van der Waals surface area contributed by atoms with Gasteiger partial charge in [0.2, 0.25) is 11.8 Å². The van der Waals surface area contributed by atoms with Gasteiger partial charge in [-0.1, -0.05) is 43.3 Å². The van der Waals surface area contributed by atoms with Crippen molar-refractivity contribution in [2.24, 2.45) is 0 Å². The van der Waals surface area contributed by atoms with Crippen LogP contribution in [0.25, 0.3) is 0 Å². The number of amides is 2. The largest absolute Gasteiger partial charge is 0.497 e. The number of hydrogen-bond acceptors (Lipinski definition) is 3. The van der Waals surface area contributed by atoms with Gasteiger partial charge >= 0.3 is 0 Å². The van der Waals surface area contributed by atoms with Gasteiger partial charge in [-0.05, 0) is 42.2 Å². The Kier molecular flexibility index (Phi) is 7.41. The summed E-state index contributed by atoms with van der Waals surface area (Å²) in [6, 6.07) is 14.9.